The Hall–Kier alpha value is -2.32. The van der Waals surface area contributed by atoms with Gasteiger partial charge in [-0.05, 0) is 42.5 Å². The van der Waals surface area contributed by atoms with Crippen molar-refractivity contribution >= 4 is 80.1 Å². The monoisotopic (exact) mass is 463 g/mol. The number of ether oxygens (including phenoxy) is 1. The van der Waals surface area contributed by atoms with Crippen molar-refractivity contribution in [2.45, 2.75) is 0 Å². The summed E-state index contributed by atoms with van der Waals surface area (Å²) in [5, 5.41) is 0.793. The molecule has 1 aromatic heterocycles. The number of benzene rings is 2. The molecule has 9 heteroatoms. The first-order valence-corrected chi connectivity index (χ1v) is 10.2. The molecule has 2 aromatic carbocycles. The molecule has 1 aliphatic rings. The van der Waals surface area contributed by atoms with Crippen LogP contribution in [0.25, 0.3) is 17.0 Å². The molecule has 146 valence electrons. The lowest BCUT2D eigenvalue weighted by Gasteiger charge is -2.14. The molecule has 1 aliphatic heterocycles. The third-order valence-corrected chi connectivity index (χ3v) is 6.03. The number of anilines is 1. The summed E-state index contributed by atoms with van der Waals surface area (Å²) in [5.41, 5.74) is 0.709. The Labute approximate surface area is 184 Å². The van der Waals surface area contributed by atoms with Crippen molar-refractivity contribution in [2.75, 3.05) is 12.0 Å². The summed E-state index contributed by atoms with van der Waals surface area (Å²) in [6, 6.07) is 9.93. The standard InChI is InChI=1S/C20H11Cl2NO4S2/c1-26-13-4-2-12(3-5-13)23-19(25)16(29-20(23)28)6-10-9-27-18-14(17(10)24)7-11(21)8-15(18)22/h2-9H,1H3/b16-6+. The van der Waals surface area contributed by atoms with Crippen LogP contribution in [-0.2, 0) is 4.79 Å². The maximum absolute atomic E-state index is 12.9. The van der Waals surface area contributed by atoms with Gasteiger partial charge in [-0.1, -0.05) is 47.2 Å². The fourth-order valence-corrected chi connectivity index (χ4v) is 4.67. The molecule has 1 fully saturated rings. The molecule has 1 amide bonds. The van der Waals surface area contributed by atoms with Gasteiger partial charge in [0.2, 0.25) is 0 Å². The Kier molecular flexibility index (Phi) is 5.40. The van der Waals surface area contributed by atoms with Crippen LogP contribution in [0.1, 0.15) is 5.56 Å². The van der Waals surface area contributed by atoms with Crippen molar-refractivity contribution in [1.82, 2.24) is 0 Å². The first-order valence-electron chi connectivity index (χ1n) is 8.21. The van der Waals surface area contributed by atoms with E-state index >= 15 is 0 Å². The average Bonchev–Trinajstić information content (AvgIpc) is 2.97. The van der Waals surface area contributed by atoms with Gasteiger partial charge in [-0.2, -0.15) is 0 Å². The number of carbonyl (C=O) groups is 1. The van der Waals surface area contributed by atoms with Crippen molar-refractivity contribution in [3.8, 4) is 5.75 Å². The van der Waals surface area contributed by atoms with Crippen LogP contribution in [0.15, 0.2) is 56.8 Å². The van der Waals surface area contributed by atoms with Gasteiger partial charge >= 0.3 is 0 Å². The molecule has 2 heterocycles. The van der Waals surface area contributed by atoms with Gasteiger partial charge in [-0.25, -0.2) is 0 Å². The minimum Gasteiger partial charge on any atom is -0.497 e. The normalized spacial score (nSPS) is 15.6. The lowest BCUT2D eigenvalue weighted by molar-refractivity contribution is -0.113. The molecule has 0 aliphatic carbocycles. The Bertz CT molecular complexity index is 1250. The number of hydrogen-bond donors (Lipinski definition) is 0. The summed E-state index contributed by atoms with van der Waals surface area (Å²) in [5.74, 6) is 0.342. The second-order valence-corrected chi connectivity index (χ2v) is 8.52. The Morgan fingerprint density at radius 2 is 1.90 bits per heavy atom. The maximum Gasteiger partial charge on any atom is 0.270 e. The number of thioether (sulfide) groups is 1. The van der Waals surface area contributed by atoms with E-state index in [0.717, 1.165) is 11.8 Å². The van der Waals surface area contributed by atoms with Gasteiger partial charge in [-0.3, -0.25) is 14.5 Å². The third kappa shape index (κ3) is 3.67. The zero-order valence-corrected chi connectivity index (χ0v) is 17.9. The highest BCUT2D eigenvalue weighted by Gasteiger charge is 2.33. The largest absolute Gasteiger partial charge is 0.497 e. The van der Waals surface area contributed by atoms with E-state index in [4.69, 9.17) is 44.6 Å². The molecular weight excluding hydrogens is 453 g/mol. The Morgan fingerprint density at radius 1 is 1.17 bits per heavy atom. The van der Waals surface area contributed by atoms with Gasteiger partial charge in [0.1, 0.15) is 12.0 Å². The lowest BCUT2D eigenvalue weighted by atomic mass is 10.1. The molecule has 0 unspecified atom stereocenters. The van der Waals surface area contributed by atoms with Crippen LogP contribution >= 0.6 is 47.2 Å². The summed E-state index contributed by atoms with van der Waals surface area (Å²) >= 11 is 18.5. The molecule has 0 bridgehead atoms. The number of nitrogens with zero attached hydrogens (tertiary/aromatic N) is 1. The molecular formula is C20H11Cl2NO4S2. The second-order valence-electron chi connectivity index (χ2n) is 6.00. The number of thiocarbonyl (C=S) groups is 1. The number of hydrogen-bond acceptors (Lipinski definition) is 6. The van der Waals surface area contributed by atoms with E-state index in [0.29, 0.717) is 25.7 Å². The van der Waals surface area contributed by atoms with E-state index in [1.165, 1.54) is 29.4 Å². The number of amides is 1. The van der Waals surface area contributed by atoms with Gasteiger partial charge in [0, 0.05) is 5.02 Å². The van der Waals surface area contributed by atoms with Gasteiger partial charge in [-0.15, -0.1) is 0 Å². The Balaban J connectivity index is 1.73. The first kappa shape index (κ1) is 20.0. The number of rotatable bonds is 3. The van der Waals surface area contributed by atoms with Crippen molar-refractivity contribution in [3.05, 3.63) is 73.4 Å². The number of carbonyl (C=O) groups excluding carboxylic acids is 1. The minimum atomic E-state index is -0.342. The maximum atomic E-state index is 12.9. The Morgan fingerprint density at radius 3 is 2.59 bits per heavy atom. The minimum absolute atomic E-state index is 0.200. The van der Waals surface area contributed by atoms with Gasteiger partial charge < -0.3 is 9.15 Å². The molecule has 0 spiro atoms. The zero-order chi connectivity index (χ0) is 20.7. The first-order chi connectivity index (χ1) is 13.9. The average molecular weight is 464 g/mol. The summed E-state index contributed by atoms with van der Waals surface area (Å²) in [6.45, 7) is 0. The number of methoxy groups -OCH3 is 1. The number of fused-ring (bicyclic) bond motifs is 1. The fourth-order valence-electron chi connectivity index (χ4n) is 2.84. The fraction of sp³-hybridized carbons (Fsp3) is 0.0500. The summed E-state index contributed by atoms with van der Waals surface area (Å²) in [4.78, 5) is 27.4. The van der Waals surface area contributed by atoms with Crippen molar-refractivity contribution in [1.29, 1.82) is 0 Å². The van der Waals surface area contributed by atoms with Crippen LogP contribution in [0.5, 0.6) is 5.75 Å². The predicted octanol–water partition coefficient (Wildman–Crippen LogP) is 5.51. The van der Waals surface area contributed by atoms with E-state index < -0.39 is 0 Å². The summed E-state index contributed by atoms with van der Waals surface area (Å²) < 4.78 is 11.0. The van der Waals surface area contributed by atoms with Gasteiger partial charge in [0.05, 0.1) is 33.7 Å². The predicted molar refractivity (Wildman–Crippen MR) is 121 cm³/mol. The molecule has 5 nitrogen and oxygen atoms in total. The summed E-state index contributed by atoms with van der Waals surface area (Å²) in [7, 11) is 1.56. The molecule has 0 radical (unpaired) electrons. The van der Waals surface area contributed by atoms with E-state index in [1.807, 2.05) is 0 Å². The van der Waals surface area contributed by atoms with Crippen LogP contribution in [0, 0.1) is 0 Å². The SMILES string of the molecule is COc1ccc(N2C(=O)/C(=C\c3coc4c(Cl)cc(Cl)cc4c3=O)SC2=S)cc1. The van der Waals surface area contributed by atoms with Crippen molar-refractivity contribution in [3.63, 3.8) is 0 Å². The third-order valence-electron chi connectivity index (χ3n) is 4.23. The molecule has 29 heavy (non-hydrogen) atoms. The van der Waals surface area contributed by atoms with E-state index in [9.17, 15) is 9.59 Å². The van der Waals surface area contributed by atoms with E-state index in [2.05, 4.69) is 0 Å². The zero-order valence-electron chi connectivity index (χ0n) is 14.8. The van der Waals surface area contributed by atoms with E-state index in [1.54, 1.807) is 31.4 Å². The highest BCUT2D eigenvalue weighted by atomic mass is 35.5. The van der Waals surface area contributed by atoms with Crippen molar-refractivity contribution in [2.24, 2.45) is 0 Å². The van der Waals surface area contributed by atoms with Crippen LogP contribution in [-0.4, -0.2) is 17.3 Å². The molecule has 4 rings (SSSR count). The molecule has 0 saturated carbocycles. The van der Waals surface area contributed by atoms with Crippen LogP contribution in [0.4, 0.5) is 5.69 Å². The van der Waals surface area contributed by atoms with Crippen molar-refractivity contribution < 1.29 is 13.9 Å². The van der Waals surface area contributed by atoms with Gasteiger partial charge in [0.25, 0.3) is 5.91 Å². The highest BCUT2D eigenvalue weighted by Crippen LogP contribution is 2.36. The molecule has 1 saturated heterocycles. The number of halogens is 2. The van der Waals surface area contributed by atoms with Gasteiger partial charge in [0.15, 0.2) is 15.3 Å². The van der Waals surface area contributed by atoms with Crippen LogP contribution in [0.2, 0.25) is 10.0 Å². The molecule has 3 aromatic rings. The van der Waals surface area contributed by atoms with Crippen LogP contribution < -0.4 is 15.1 Å². The molecule has 0 atom stereocenters. The molecule has 0 N–H and O–H groups in total. The topological polar surface area (TPSA) is 59.8 Å². The highest BCUT2D eigenvalue weighted by molar-refractivity contribution is 8.27. The smallest absolute Gasteiger partial charge is 0.270 e. The quantitative estimate of drug-likeness (QED) is 0.376. The van der Waals surface area contributed by atoms with E-state index in [-0.39, 0.29) is 32.9 Å². The summed E-state index contributed by atoms with van der Waals surface area (Å²) in [6.07, 6.45) is 2.73. The van der Waals surface area contributed by atoms with Crippen LogP contribution in [0.3, 0.4) is 0 Å². The second kappa shape index (κ2) is 7.84. The lowest BCUT2D eigenvalue weighted by Crippen LogP contribution is -2.27.